The molecule has 4 atom stereocenters. The van der Waals surface area contributed by atoms with Crippen LogP contribution in [0.25, 0.3) is 0 Å². The van der Waals surface area contributed by atoms with Crippen LogP contribution < -0.4 is 5.32 Å². The number of aliphatic hydroxyl groups is 1. The predicted octanol–water partition coefficient (Wildman–Crippen LogP) is 1.25. The fourth-order valence-corrected chi connectivity index (χ4v) is 5.42. The molecule has 1 aromatic rings. The molecule has 120 valence electrons. The van der Waals surface area contributed by atoms with Gasteiger partial charge in [0, 0.05) is 29.9 Å². The maximum Gasteiger partial charge on any atom is 0.335 e. The van der Waals surface area contributed by atoms with Crippen LogP contribution >= 0.6 is 0 Å². The summed E-state index contributed by atoms with van der Waals surface area (Å²) in [6.07, 6.45) is 1.30. The van der Waals surface area contributed by atoms with Gasteiger partial charge in [-0.3, -0.25) is 4.90 Å². The smallest absolute Gasteiger partial charge is 0.335 e. The van der Waals surface area contributed by atoms with E-state index in [4.69, 9.17) is 4.74 Å². The van der Waals surface area contributed by atoms with Crippen molar-refractivity contribution in [2.24, 2.45) is 5.92 Å². The van der Waals surface area contributed by atoms with Crippen LogP contribution in [0.15, 0.2) is 35.5 Å². The van der Waals surface area contributed by atoms with Crippen molar-refractivity contribution in [1.82, 2.24) is 4.90 Å². The molecule has 23 heavy (non-hydrogen) atoms. The minimum absolute atomic E-state index is 0.133. The highest BCUT2D eigenvalue weighted by Crippen LogP contribution is 2.60. The standard InChI is InChI=1S/C18H20N2O3/c1-23-17(22)15-10-8-14-18(6-7-20(14)9-13(10)21)11-4-2-3-5-12(11)19-16(15)18/h2-5,10,13-14,19,21H,6-9H2,1H3/t10-,13-,14-,18+/m0/s1. The van der Waals surface area contributed by atoms with Gasteiger partial charge in [0.15, 0.2) is 0 Å². The summed E-state index contributed by atoms with van der Waals surface area (Å²) in [5.41, 5.74) is 3.88. The van der Waals surface area contributed by atoms with Gasteiger partial charge in [-0.05, 0) is 31.0 Å². The average molecular weight is 312 g/mol. The van der Waals surface area contributed by atoms with E-state index in [1.54, 1.807) is 0 Å². The second-order valence-corrected chi connectivity index (χ2v) is 7.09. The van der Waals surface area contributed by atoms with Crippen molar-refractivity contribution in [1.29, 1.82) is 0 Å². The van der Waals surface area contributed by atoms with Crippen LogP contribution in [0.3, 0.4) is 0 Å². The van der Waals surface area contributed by atoms with Gasteiger partial charge in [-0.1, -0.05) is 18.2 Å². The minimum Gasteiger partial charge on any atom is -0.466 e. The molecule has 1 aromatic carbocycles. The molecule has 1 spiro atoms. The number of hydrogen-bond donors (Lipinski definition) is 2. The van der Waals surface area contributed by atoms with Gasteiger partial charge in [-0.15, -0.1) is 0 Å². The molecule has 0 saturated carbocycles. The van der Waals surface area contributed by atoms with Gasteiger partial charge >= 0.3 is 5.97 Å². The summed E-state index contributed by atoms with van der Waals surface area (Å²) < 4.78 is 5.08. The summed E-state index contributed by atoms with van der Waals surface area (Å²) in [4.78, 5) is 14.9. The van der Waals surface area contributed by atoms with E-state index in [1.165, 1.54) is 12.7 Å². The van der Waals surface area contributed by atoms with Crippen LogP contribution in [-0.4, -0.2) is 48.3 Å². The molecule has 2 fully saturated rings. The van der Waals surface area contributed by atoms with Gasteiger partial charge in [0.2, 0.25) is 0 Å². The zero-order valence-corrected chi connectivity index (χ0v) is 13.1. The maximum absolute atomic E-state index is 12.5. The highest BCUT2D eigenvalue weighted by Gasteiger charge is 2.62. The molecule has 4 aliphatic rings. The van der Waals surface area contributed by atoms with Crippen molar-refractivity contribution in [2.45, 2.75) is 30.4 Å². The lowest BCUT2D eigenvalue weighted by Gasteiger charge is -2.49. The molecule has 2 saturated heterocycles. The third-order valence-electron chi connectivity index (χ3n) is 6.33. The van der Waals surface area contributed by atoms with E-state index in [2.05, 4.69) is 28.4 Å². The Morgan fingerprint density at radius 3 is 3.09 bits per heavy atom. The SMILES string of the molecule is COC(=O)C1=C2Nc3ccccc3[C@@]23CCN2C[C@H](O)[C@@H]1C[C@H]23. The van der Waals surface area contributed by atoms with Gasteiger partial charge in [-0.25, -0.2) is 4.79 Å². The summed E-state index contributed by atoms with van der Waals surface area (Å²) in [5.74, 6) is -0.436. The Balaban J connectivity index is 1.81. The molecule has 0 radical (unpaired) electrons. The molecule has 2 bridgehead atoms. The number of fused-ring (bicyclic) bond motifs is 2. The van der Waals surface area contributed by atoms with Gasteiger partial charge in [-0.2, -0.15) is 0 Å². The molecule has 1 aliphatic carbocycles. The third-order valence-corrected chi connectivity index (χ3v) is 6.33. The highest BCUT2D eigenvalue weighted by molar-refractivity contribution is 5.93. The van der Waals surface area contributed by atoms with E-state index >= 15 is 0 Å². The number of ether oxygens (including phenoxy) is 1. The number of rotatable bonds is 1. The third kappa shape index (κ3) is 1.47. The molecule has 5 rings (SSSR count). The van der Waals surface area contributed by atoms with E-state index in [0.717, 1.165) is 30.8 Å². The number of benzene rings is 1. The maximum atomic E-state index is 12.5. The molecular weight excluding hydrogens is 292 g/mol. The number of methoxy groups -OCH3 is 1. The zero-order chi connectivity index (χ0) is 15.8. The number of carbonyl (C=O) groups excluding carboxylic acids is 1. The minimum atomic E-state index is -0.505. The van der Waals surface area contributed by atoms with Crippen molar-refractivity contribution in [3.63, 3.8) is 0 Å². The molecule has 3 heterocycles. The Kier molecular flexibility index (Phi) is 2.58. The Hall–Kier alpha value is -1.85. The van der Waals surface area contributed by atoms with Crippen molar-refractivity contribution >= 4 is 11.7 Å². The van der Waals surface area contributed by atoms with E-state index < -0.39 is 6.10 Å². The summed E-state index contributed by atoms with van der Waals surface area (Å²) in [5, 5.41) is 14.1. The molecule has 0 amide bonds. The van der Waals surface area contributed by atoms with Crippen LogP contribution in [0.5, 0.6) is 0 Å². The number of piperidine rings is 1. The number of hydrogen-bond acceptors (Lipinski definition) is 5. The first-order chi connectivity index (χ1) is 11.2. The van der Waals surface area contributed by atoms with Gasteiger partial charge in [0.25, 0.3) is 0 Å². The number of nitrogens with one attached hydrogen (secondary N) is 1. The Morgan fingerprint density at radius 2 is 2.26 bits per heavy atom. The van der Waals surface area contributed by atoms with E-state index in [1.807, 2.05) is 6.07 Å². The fourth-order valence-electron chi connectivity index (χ4n) is 5.42. The van der Waals surface area contributed by atoms with Crippen molar-refractivity contribution < 1.29 is 14.6 Å². The van der Waals surface area contributed by atoms with Crippen molar-refractivity contribution in [2.75, 3.05) is 25.5 Å². The monoisotopic (exact) mass is 312 g/mol. The molecule has 0 aromatic heterocycles. The van der Waals surface area contributed by atoms with Crippen LogP contribution in [0.1, 0.15) is 18.4 Å². The normalized spacial score (nSPS) is 37.2. The van der Waals surface area contributed by atoms with Crippen LogP contribution in [-0.2, 0) is 14.9 Å². The molecule has 5 nitrogen and oxygen atoms in total. The van der Waals surface area contributed by atoms with E-state index in [9.17, 15) is 9.90 Å². The topological polar surface area (TPSA) is 61.8 Å². The second kappa shape index (κ2) is 4.36. The Bertz CT molecular complexity index is 744. The first kappa shape index (κ1) is 13.6. The Morgan fingerprint density at radius 1 is 1.43 bits per heavy atom. The van der Waals surface area contributed by atoms with Crippen molar-refractivity contribution in [3.8, 4) is 0 Å². The van der Waals surface area contributed by atoms with Crippen LogP contribution in [0.4, 0.5) is 5.69 Å². The zero-order valence-electron chi connectivity index (χ0n) is 13.1. The van der Waals surface area contributed by atoms with E-state index in [-0.39, 0.29) is 17.3 Å². The molecular formula is C18H20N2O3. The fraction of sp³-hybridized carbons (Fsp3) is 0.500. The lowest BCUT2D eigenvalue weighted by Crippen LogP contribution is -2.57. The highest BCUT2D eigenvalue weighted by atomic mass is 16.5. The summed E-state index contributed by atoms with van der Waals surface area (Å²) in [7, 11) is 1.42. The Labute approximate surface area is 134 Å². The first-order valence-electron chi connectivity index (χ1n) is 8.28. The van der Waals surface area contributed by atoms with Gasteiger partial charge in [0.1, 0.15) is 0 Å². The molecule has 5 heteroatoms. The van der Waals surface area contributed by atoms with Crippen LogP contribution in [0.2, 0.25) is 0 Å². The first-order valence-corrected chi connectivity index (χ1v) is 8.28. The summed E-state index contributed by atoms with van der Waals surface area (Å²) in [6, 6.07) is 8.70. The number of aliphatic hydroxyl groups excluding tert-OH is 1. The number of para-hydroxylation sites is 1. The van der Waals surface area contributed by atoms with Gasteiger partial charge in [0.05, 0.1) is 24.2 Å². The number of nitrogens with zero attached hydrogens (tertiary/aromatic N) is 1. The summed E-state index contributed by atoms with van der Waals surface area (Å²) >= 11 is 0. The van der Waals surface area contributed by atoms with Gasteiger partial charge < -0.3 is 15.2 Å². The number of anilines is 1. The van der Waals surface area contributed by atoms with E-state index in [0.29, 0.717) is 18.2 Å². The number of carbonyl (C=O) groups is 1. The molecule has 2 N–H and O–H groups in total. The lowest BCUT2D eigenvalue weighted by atomic mass is 9.62. The molecule has 3 aliphatic heterocycles. The molecule has 0 unspecified atom stereocenters. The number of esters is 1. The quantitative estimate of drug-likeness (QED) is 0.764. The second-order valence-electron chi connectivity index (χ2n) is 7.09. The predicted molar refractivity (Wildman–Crippen MR) is 84.9 cm³/mol. The largest absolute Gasteiger partial charge is 0.466 e. The van der Waals surface area contributed by atoms with Crippen LogP contribution in [0, 0.1) is 5.92 Å². The summed E-state index contributed by atoms with van der Waals surface area (Å²) in [6.45, 7) is 1.61. The average Bonchev–Trinajstić information content (AvgIpc) is 3.11. The van der Waals surface area contributed by atoms with Crippen molar-refractivity contribution in [3.05, 3.63) is 41.1 Å². The lowest BCUT2D eigenvalue weighted by molar-refractivity contribution is -0.138.